The van der Waals surface area contributed by atoms with Gasteiger partial charge in [-0.1, -0.05) is 11.6 Å². The van der Waals surface area contributed by atoms with Gasteiger partial charge in [-0.15, -0.1) is 11.3 Å². The Morgan fingerprint density at radius 2 is 2.27 bits per heavy atom. The predicted octanol–water partition coefficient (Wildman–Crippen LogP) is 3.77. The van der Waals surface area contributed by atoms with Crippen molar-refractivity contribution in [2.45, 2.75) is 19.8 Å². The van der Waals surface area contributed by atoms with Crippen molar-refractivity contribution in [3.05, 3.63) is 43.9 Å². The normalized spacial score (nSPS) is 10.5. The van der Waals surface area contributed by atoms with Crippen LogP contribution in [0.4, 0.5) is 16.5 Å². The molecule has 1 heterocycles. The lowest BCUT2D eigenvalue weighted by Crippen LogP contribution is -1.96. The third-order valence-corrected chi connectivity index (χ3v) is 4.31. The van der Waals surface area contributed by atoms with Gasteiger partial charge in [0.15, 0.2) is 5.13 Å². The third-order valence-electron chi connectivity index (χ3n) is 2.86. The average Bonchev–Trinajstić information content (AvgIpc) is 2.78. The van der Waals surface area contributed by atoms with Gasteiger partial charge in [0.1, 0.15) is 0 Å². The molecule has 0 aliphatic carbocycles. The number of aryl methyl sites for hydroxylation is 2. The van der Waals surface area contributed by atoms with E-state index in [-0.39, 0.29) is 17.1 Å². The van der Waals surface area contributed by atoms with Crippen molar-refractivity contribution in [1.82, 2.24) is 4.98 Å². The van der Waals surface area contributed by atoms with Crippen molar-refractivity contribution >= 4 is 45.4 Å². The van der Waals surface area contributed by atoms with E-state index in [1.807, 2.05) is 0 Å². The molecule has 1 aromatic carbocycles. The number of rotatable bonds is 6. The fourth-order valence-electron chi connectivity index (χ4n) is 1.77. The molecule has 2 N–H and O–H groups in total. The Morgan fingerprint density at radius 3 is 2.86 bits per heavy atom. The molecule has 0 aliphatic rings. The van der Waals surface area contributed by atoms with Gasteiger partial charge in [-0.05, 0) is 19.4 Å². The Labute approximate surface area is 134 Å². The lowest BCUT2D eigenvalue weighted by molar-refractivity contribution is -0.384. The van der Waals surface area contributed by atoms with Crippen LogP contribution < -0.4 is 5.32 Å². The molecule has 0 fully saturated rings. The average molecular weight is 342 g/mol. The lowest BCUT2D eigenvalue weighted by atomic mass is 10.2. The first-order valence-electron chi connectivity index (χ1n) is 6.26. The highest BCUT2D eigenvalue weighted by Gasteiger charge is 2.13. The second-order valence-electron chi connectivity index (χ2n) is 4.47. The molecule has 2 aromatic rings. The molecular weight excluding hydrogens is 330 g/mol. The van der Waals surface area contributed by atoms with Gasteiger partial charge in [-0.25, -0.2) is 4.98 Å². The molecule has 7 nitrogen and oxygen atoms in total. The van der Waals surface area contributed by atoms with E-state index in [0.717, 1.165) is 10.6 Å². The number of thiazole rings is 1. The summed E-state index contributed by atoms with van der Waals surface area (Å²) in [6, 6.07) is 4.11. The summed E-state index contributed by atoms with van der Waals surface area (Å²) in [5.41, 5.74) is 1.17. The Kier molecular flexibility index (Phi) is 4.94. The second-order valence-corrected chi connectivity index (χ2v) is 5.96. The minimum absolute atomic E-state index is 0.0424. The lowest BCUT2D eigenvalue weighted by Gasteiger charge is -2.04. The van der Waals surface area contributed by atoms with E-state index in [4.69, 9.17) is 16.7 Å². The molecule has 0 atom stereocenters. The van der Waals surface area contributed by atoms with Gasteiger partial charge < -0.3 is 10.4 Å². The van der Waals surface area contributed by atoms with Crippen LogP contribution in [0.2, 0.25) is 5.02 Å². The van der Waals surface area contributed by atoms with Crippen molar-refractivity contribution in [1.29, 1.82) is 0 Å². The highest BCUT2D eigenvalue weighted by Crippen LogP contribution is 2.32. The van der Waals surface area contributed by atoms with Gasteiger partial charge in [0.25, 0.3) is 5.69 Å². The molecule has 116 valence electrons. The maximum atomic E-state index is 10.7. The summed E-state index contributed by atoms with van der Waals surface area (Å²) < 4.78 is 0. The van der Waals surface area contributed by atoms with E-state index in [1.54, 1.807) is 6.92 Å². The van der Waals surface area contributed by atoms with Crippen molar-refractivity contribution in [2.75, 3.05) is 5.32 Å². The zero-order valence-corrected chi connectivity index (χ0v) is 13.1. The van der Waals surface area contributed by atoms with Crippen molar-refractivity contribution in [2.24, 2.45) is 0 Å². The first-order valence-corrected chi connectivity index (χ1v) is 7.45. The molecule has 9 heteroatoms. The van der Waals surface area contributed by atoms with E-state index in [0.29, 0.717) is 17.2 Å². The first-order chi connectivity index (χ1) is 10.4. The van der Waals surface area contributed by atoms with E-state index >= 15 is 0 Å². The van der Waals surface area contributed by atoms with Crippen molar-refractivity contribution in [3.8, 4) is 0 Å². The number of nitrogens with zero attached hydrogens (tertiary/aromatic N) is 2. The maximum absolute atomic E-state index is 10.7. The summed E-state index contributed by atoms with van der Waals surface area (Å²) in [5, 5.41) is 23.1. The summed E-state index contributed by atoms with van der Waals surface area (Å²) >= 11 is 7.34. The molecule has 0 aliphatic heterocycles. The van der Waals surface area contributed by atoms with E-state index in [2.05, 4.69) is 10.3 Å². The SMILES string of the molecule is Cc1nc(Nc2ccc([N+](=O)[O-])cc2Cl)sc1CCC(=O)O. The zero-order chi connectivity index (χ0) is 16.3. The molecule has 0 unspecified atom stereocenters. The maximum Gasteiger partial charge on any atom is 0.303 e. The largest absolute Gasteiger partial charge is 0.481 e. The van der Waals surface area contributed by atoms with Crippen LogP contribution >= 0.6 is 22.9 Å². The Bertz CT molecular complexity index is 732. The minimum atomic E-state index is -0.860. The number of nitro benzene ring substituents is 1. The number of anilines is 2. The number of benzene rings is 1. The van der Waals surface area contributed by atoms with Crippen LogP contribution in [0.5, 0.6) is 0 Å². The summed E-state index contributed by atoms with van der Waals surface area (Å²) in [5.74, 6) is -0.860. The van der Waals surface area contributed by atoms with Crippen LogP contribution in [-0.4, -0.2) is 21.0 Å². The number of non-ortho nitro benzene ring substituents is 1. The summed E-state index contributed by atoms with van der Waals surface area (Å²) in [7, 11) is 0. The number of aromatic nitrogens is 1. The molecule has 1 aromatic heterocycles. The third kappa shape index (κ3) is 3.92. The molecule has 2 rings (SSSR count). The summed E-state index contributed by atoms with van der Waals surface area (Å²) in [4.78, 5) is 25.9. The Hall–Kier alpha value is -2.19. The van der Waals surface area contributed by atoms with E-state index < -0.39 is 10.9 Å². The molecule has 0 bridgehead atoms. The molecule has 0 spiro atoms. The monoisotopic (exact) mass is 341 g/mol. The van der Waals surface area contributed by atoms with Crippen LogP contribution in [0.15, 0.2) is 18.2 Å². The summed E-state index contributed by atoms with van der Waals surface area (Å²) in [6.07, 6.45) is 0.454. The summed E-state index contributed by atoms with van der Waals surface area (Å²) in [6.45, 7) is 1.80. The standard InChI is InChI=1S/C13H12ClN3O4S/c1-7-11(4-5-12(18)19)22-13(15-7)16-10-3-2-8(17(20)21)6-9(10)14/h2-3,6H,4-5H2,1H3,(H,15,16)(H,18,19). The molecule has 22 heavy (non-hydrogen) atoms. The number of aliphatic carboxylic acids is 1. The topological polar surface area (TPSA) is 105 Å². The minimum Gasteiger partial charge on any atom is -0.481 e. The number of nitro groups is 1. The highest BCUT2D eigenvalue weighted by atomic mass is 35.5. The van der Waals surface area contributed by atoms with Gasteiger partial charge in [0.05, 0.1) is 27.7 Å². The van der Waals surface area contributed by atoms with Crippen molar-refractivity contribution in [3.63, 3.8) is 0 Å². The molecule has 0 radical (unpaired) electrons. The van der Waals surface area contributed by atoms with Crippen LogP contribution in [-0.2, 0) is 11.2 Å². The first kappa shape index (κ1) is 16.2. The van der Waals surface area contributed by atoms with Gasteiger partial charge in [0, 0.05) is 17.0 Å². The molecule has 0 saturated carbocycles. The van der Waals surface area contributed by atoms with E-state index in [9.17, 15) is 14.9 Å². The Morgan fingerprint density at radius 1 is 1.55 bits per heavy atom. The van der Waals surface area contributed by atoms with Gasteiger partial charge >= 0.3 is 5.97 Å². The zero-order valence-electron chi connectivity index (χ0n) is 11.5. The second kappa shape index (κ2) is 6.71. The molecule has 0 amide bonds. The number of carboxylic acid groups (broad SMARTS) is 1. The fourth-order valence-corrected chi connectivity index (χ4v) is 2.96. The quantitative estimate of drug-likeness (QED) is 0.612. The van der Waals surface area contributed by atoms with Gasteiger partial charge in [0.2, 0.25) is 0 Å². The van der Waals surface area contributed by atoms with Gasteiger partial charge in [-0.3, -0.25) is 14.9 Å². The van der Waals surface area contributed by atoms with Crippen LogP contribution in [0, 0.1) is 17.0 Å². The van der Waals surface area contributed by atoms with Crippen LogP contribution in [0.3, 0.4) is 0 Å². The molecular formula is C13H12ClN3O4S. The van der Waals surface area contributed by atoms with Gasteiger partial charge in [-0.2, -0.15) is 0 Å². The highest BCUT2D eigenvalue weighted by molar-refractivity contribution is 7.15. The number of nitrogens with one attached hydrogen (secondary N) is 1. The number of carbonyl (C=O) groups is 1. The number of halogens is 1. The van der Waals surface area contributed by atoms with Crippen LogP contribution in [0.1, 0.15) is 17.0 Å². The number of carboxylic acids is 1. The number of hydrogen-bond acceptors (Lipinski definition) is 6. The van der Waals surface area contributed by atoms with Crippen LogP contribution in [0.25, 0.3) is 0 Å². The Balaban J connectivity index is 2.15. The number of hydrogen-bond donors (Lipinski definition) is 2. The fraction of sp³-hybridized carbons (Fsp3) is 0.231. The smallest absolute Gasteiger partial charge is 0.303 e. The van der Waals surface area contributed by atoms with Crippen molar-refractivity contribution < 1.29 is 14.8 Å². The molecule has 0 saturated heterocycles. The van der Waals surface area contributed by atoms with E-state index in [1.165, 1.54) is 29.5 Å². The predicted molar refractivity (Wildman–Crippen MR) is 84.2 cm³/mol.